The molecule has 1 aromatic carbocycles. The summed E-state index contributed by atoms with van der Waals surface area (Å²) >= 11 is 0. The Morgan fingerprint density at radius 3 is 2.44 bits per heavy atom. The number of aliphatic hydroxyl groups is 1. The van der Waals surface area contributed by atoms with Gasteiger partial charge in [0.2, 0.25) is 0 Å². The highest BCUT2D eigenvalue weighted by Crippen LogP contribution is 2.19. The van der Waals surface area contributed by atoms with Crippen molar-refractivity contribution in [2.75, 3.05) is 58.2 Å². The number of esters is 1. The van der Waals surface area contributed by atoms with Crippen molar-refractivity contribution in [2.45, 2.75) is 19.1 Å². The minimum absolute atomic E-state index is 0.0179. The quantitative estimate of drug-likeness (QED) is 0.752. The van der Waals surface area contributed by atoms with Crippen molar-refractivity contribution in [3.8, 4) is 0 Å². The summed E-state index contributed by atoms with van der Waals surface area (Å²) in [5, 5.41) is 13.2. The van der Waals surface area contributed by atoms with Gasteiger partial charge in [-0.1, -0.05) is 0 Å². The second-order valence-electron chi connectivity index (χ2n) is 7.11. The van der Waals surface area contributed by atoms with Crippen LogP contribution in [0.25, 0.3) is 0 Å². The number of anilines is 1. The molecule has 0 bridgehead atoms. The molecule has 8 nitrogen and oxygen atoms in total. The first kappa shape index (κ1) is 19.6. The van der Waals surface area contributed by atoms with Crippen LogP contribution in [0.5, 0.6) is 0 Å². The Kier molecular flexibility index (Phi) is 6.30. The van der Waals surface area contributed by atoms with Crippen LogP contribution in [-0.2, 0) is 4.74 Å². The Hall–Kier alpha value is -2.16. The van der Waals surface area contributed by atoms with Crippen LogP contribution in [0, 0.1) is 0 Å². The number of hydrogen-bond donors (Lipinski definition) is 2. The van der Waals surface area contributed by atoms with Crippen molar-refractivity contribution in [3.05, 3.63) is 29.8 Å². The van der Waals surface area contributed by atoms with E-state index >= 15 is 0 Å². The Morgan fingerprint density at radius 2 is 1.81 bits per heavy atom. The Morgan fingerprint density at radius 1 is 1.15 bits per heavy atom. The van der Waals surface area contributed by atoms with Gasteiger partial charge in [-0.3, -0.25) is 4.90 Å². The summed E-state index contributed by atoms with van der Waals surface area (Å²) < 4.78 is 4.95. The van der Waals surface area contributed by atoms with Gasteiger partial charge < -0.3 is 25.0 Å². The second-order valence-corrected chi connectivity index (χ2v) is 7.11. The fourth-order valence-corrected chi connectivity index (χ4v) is 3.55. The number of likely N-dealkylation sites (N-methyl/N-ethyl adjacent to an activating group) is 1. The minimum Gasteiger partial charge on any atom is -0.462 e. The first-order valence-corrected chi connectivity index (χ1v) is 9.41. The number of hydrogen-bond acceptors (Lipinski definition) is 6. The molecule has 0 spiro atoms. The molecule has 3 rings (SSSR count). The van der Waals surface area contributed by atoms with Crippen LogP contribution in [0.15, 0.2) is 24.3 Å². The van der Waals surface area contributed by atoms with E-state index in [2.05, 4.69) is 22.2 Å². The third-order valence-corrected chi connectivity index (χ3v) is 5.20. The second kappa shape index (κ2) is 8.69. The molecule has 2 aliphatic heterocycles. The van der Waals surface area contributed by atoms with Crippen molar-refractivity contribution < 1.29 is 19.4 Å². The minimum atomic E-state index is -0.537. The molecular formula is C19H28N4O4. The standard InChI is InChI=1S/C19H28N4O4/c1-3-27-18(25)14-4-6-15(7-5-14)20-19(26)23-12-16(17(24)13-23)22-10-8-21(2)9-11-22/h4-7,16-17,24H,3,8-13H2,1-2H3,(H,20,26)/t16-,17-/m0/s1. The predicted octanol–water partition coefficient (Wildman–Crippen LogP) is 0.688. The summed E-state index contributed by atoms with van der Waals surface area (Å²) in [5.74, 6) is -0.381. The summed E-state index contributed by atoms with van der Waals surface area (Å²) in [6.07, 6.45) is -0.537. The average Bonchev–Trinajstić information content (AvgIpc) is 3.05. The molecule has 2 saturated heterocycles. The molecule has 2 heterocycles. The summed E-state index contributed by atoms with van der Waals surface area (Å²) in [5.41, 5.74) is 1.05. The first-order chi connectivity index (χ1) is 13.0. The third kappa shape index (κ3) is 4.77. The predicted molar refractivity (Wildman–Crippen MR) is 102 cm³/mol. The van der Waals surface area contributed by atoms with Crippen LogP contribution in [0.2, 0.25) is 0 Å². The number of amides is 2. The lowest BCUT2D eigenvalue weighted by molar-refractivity contribution is 0.0512. The van der Waals surface area contributed by atoms with Crippen molar-refractivity contribution in [3.63, 3.8) is 0 Å². The van der Waals surface area contributed by atoms with Crippen LogP contribution in [0.1, 0.15) is 17.3 Å². The van der Waals surface area contributed by atoms with E-state index in [1.807, 2.05) is 0 Å². The van der Waals surface area contributed by atoms with E-state index in [-0.39, 0.29) is 18.0 Å². The lowest BCUT2D eigenvalue weighted by Gasteiger charge is -2.37. The smallest absolute Gasteiger partial charge is 0.338 e. The highest BCUT2D eigenvalue weighted by Gasteiger charge is 2.38. The number of ether oxygens (including phenoxy) is 1. The van der Waals surface area contributed by atoms with Crippen LogP contribution >= 0.6 is 0 Å². The van der Waals surface area contributed by atoms with Crippen LogP contribution in [0.4, 0.5) is 10.5 Å². The van der Waals surface area contributed by atoms with E-state index < -0.39 is 6.10 Å². The van der Waals surface area contributed by atoms with Gasteiger partial charge in [-0.15, -0.1) is 0 Å². The number of carbonyl (C=O) groups is 2. The van der Waals surface area contributed by atoms with Gasteiger partial charge in [-0.2, -0.15) is 0 Å². The molecule has 0 aromatic heterocycles. The molecule has 0 aliphatic carbocycles. The van der Waals surface area contributed by atoms with E-state index in [9.17, 15) is 14.7 Å². The van der Waals surface area contributed by atoms with Gasteiger partial charge in [0.05, 0.1) is 30.9 Å². The van der Waals surface area contributed by atoms with Crippen LogP contribution < -0.4 is 5.32 Å². The van der Waals surface area contributed by atoms with E-state index in [1.165, 1.54) is 0 Å². The lowest BCUT2D eigenvalue weighted by atomic mass is 10.1. The number of likely N-dealkylation sites (tertiary alicyclic amines) is 1. The Balaban J connectivity index is 1.54. The average molecular weight is 376 g/mol. The molecule has 2 atom stereocenters. The van der Waals surface area contributed by atoms with Gasteiger partial charge in [-0.05, 0) is 38.2 Å². The van der Waals surface area contributed by atoms with Crippen LogP contribution in [0.3, 0.4) is 0 Å². The molecule has 2 aliphatic rings. The van der Waals surface area contributed by atoms with Gasteiger partial charge in [0.15, 0.2) is 0 Å². The zero-order valence-corrected chi connectivity index (χ0v) is 15.9. The zero-order chi connectivity index (χ0) is 19.4. The first-order valence-electron chi connectivity index (χ1n) is 9.41. The molecular weight excluding hydrogens is 348 g/mol. The maximum absolute atomic E-state index is 12.5. The van der Waals surface area contributed by atoms with Crippen molar-refractivity contribution in [2.24, 2.45) is 0 Å². The normalized spacial score (nSPS) is 24.0. The van der Waals surface area contributed by atoms with Gasteiger partial charge in [-0.25, -0.2) is 9.59 Å². The van der Waals surface area contributed by atoms with Crippen molar-refractivity contribution >= 4 is 17.7 Å². The molecule has 2 N–H and O–H groups in total. The molecule has 8 heteroatoms. The highest BCUT2D eigenvalue weighted by molar-refractivity contribution is 5.92. The van der Waals surface area contributed by atoms with Gasteiger partial charge in [0.1, 0.15) is 0 Å². The van der Waals surface area contributed by atoms with Crippen molar-refractivity contribution in [1.82, 2.24) is 14.7 Å². The van der Waals surface area contributed by atoms with E-state index in [0.29, 0.717) is 30.9 Å². The number of benzene rings is 1. The Labute approximate surface area is 159 Å². The summed E-state index contributed by atoms with van der Waals surface area (Å²) in [4.78, 5) is 30.4. The molecule has 2 fully saturated rings. The number of urea groups is 1. The molecule has 1 aromatic rings. The third-order valence-electron chi connectivity index (χ3n) is 5.20. The largest absolute Gasteiger partial charge is 0.462 e. The SMILES string of the molecule is CCOC(=O)c1ccc(NC(=O)N2C[C@H](O)[C@@H](N3CCN(C)CC3)C2)cc1. The number of β-amino-alcohol motifs (C(OH)–C–C–N with tert-alkyl or cyclic N) is 1. The number of nitrogens with zero attached hydrogens (tertiary/aromatic N) is 3. The number of aliphatic hydroxyl groups excluding tert-OH is 1. The fraction of sp³-hybridized carbons (Fsp3) is 0.579. The van der Waals surface area contributed by atoms with E-state index in [4.69, 9.17) is 4.74 Å². The number of carbonyl (C=O) groups excluding carboxylic acids is 2. The summed E-state index contributed by atoms with van der Waals surface area (Å²) in [7, 11) is 2.09. The van der Waals surface area contributed by atoms with E-state index in [1.54, 1.807) is 36.1 Å². The molecule has 27 heavy (non-hydrogen) atoms. The van der Waals surface area contributed by atoms with Crippen LogP contribution in [-0.4, -0.2) is 96.9 Å². The maximum Gasteiger partial charge on any atom is 0.338 e. The molecule has 0 radical (unpaired) electrons. The topological polar surface area (TPSA) is 85.3 Å². The zero-order valence-electron chi connectivity index (χ0n) is 15.9. The number of rotatable bonds is 4. The number of piperazine rings is 1. The highest BCUT2D eigenvalue weighted by atomic mass is 16.5. The fourth-order valence-electron chi connectivity index (χ4n) is 3.55. The molecule has 148 valence electrons. The number of nitrogens with one attached hydrogen (secondary N) is 1. The van der Waals surface area contributed by atoms with Gasteiger partial charge in [0, 0.05) is 38.4 Å². The summed E-state index contributed by atoms with van der Waals surface area (Å²) in [6, 6.07) is 6.34. The molecule has 2 amide bonds. The maximum atomic E-state index is 12.5. The molecule has 0 saturated carbocycles. The summed E-state index contributed by atoms with van der Waals surface area (Å²) in [6.45, 7) is 6.67. The van der Waals surface area contributed by atoms with Gasteiger partial charge in [0.25, 0.3) is 0 Å². The van der Waals surface area contributed by atoms with E-state index in [0.717, 1.165) is 26.2 Å². The van der Waals surface area contributed by atoms with Gasteiger partial charge >= 0.3 is 12.0 Å². The lowest BCUT2D eigenvalue weighted by Crippen LogP contribution is -2.52. The Bertz CT molecular complexity index is 658. The van der Waals surface area contributed by atoms with Crippen molar-refractivity contribution in [1.29, 1.82) is 0 Å². The molecule has 0 unspecified atom stereocenters. The monoisotopic (exact) mass is 376 g/mol.